The third-order valence-corrected chi connectivity index (χ3v) is 10.3. The van der Waals surface area contributed by atoms with Crippen LogP contribution in [0.25, 0.3) is 11.2 Å². The Kier molecular flexibility index (Phi) is 6.93. The quantitative estimate of drug-likeness (QED) is 0.101. The van der Waals surface area contributed by atoms with Gasteiger partial charge in [0.05, 0.1) is 24.6 Å². The van der Waals surface area contributed by atoms with Gasteiger partial charge in [0, 0.05) is 0 Å². The highest BCUT2D eigenvalue weighted by Crippen LogP contribution is 2.61. The van der Waals surface area contributed by atoms with Crippen molar-refractivity contribution in [3.8, 4) is 0 Å². The summed E-state index contributed by atoms with van der Waals surface area (Å²) in [4.78, 5) is 28.2. The molecule has 2 aromatic heterocycles. The smallest absolute Gasteiger partial charge is 0.389 e. The Labute approximate surface area is 210 Å². The number of aliphatic hydroxyl groups excluding tert-OH is 4. The minimum atomic E-state index is -5.24. The third kappa shape index (κ3) is 4.58. The molecular weight excluding hydrogens is 572 g/mol. The Bertz CT molecular complexity index is 1290. The van der Waals surface area contributed by atoms with Crippen LogP contribution in [-0.4, -0.2) is 93.7 Å². The zero-order chi connectivity index (χ0) is 26.2. The number of hydrogen-bond acceptors (Lipinski definition) is 14. The van der Waals surface area contributed by atoms with Gasteiger partial charge in [-0.25, -0.2) is 18.7 Å². The molecule has 4 aliphatic rings. The van der Waals surface area contributed by atoms with Gasteiger partial charge in [-0.1, -0.05) is 4.98 Å². The Balaban J connectivity index is 1.60. The number of phosphoric acid groups is 2. The first-order valence-corrected chi connectivity index (χ1v) is 14.5. The van der Waals surface area contributed by atoms with Crippen LogP contribution in [-0.2, 0) is 27.2 Å². The lowest BCUT2D eigenvalue weighted by molar-refractivity contribution is -0.694. The normalized spacial score (nSPS) is 43.8. The molecule has 2 fully saturated rings. The highest BCUT2D eigenvalue weighted by atomic mass is 35.5. The van der Waals surface area contributed by atoms with E-state index in [-0.39, 0.29) is 22.3 Å². The summed E-state index contributed by atoms with van der Waals surface area (Å²) in [6.45, 7) is -1.53. The maximum atomic E-state index is 12.2. The van der Waals surface area contributed by atoms with Crippen molar-refractivity contribution in [3.05, 3.63) is 11.6 Å². The average Bonchev–Trinajstić information content (AvgIpc) is 3.37. The Morgan fingerprint density at radius 1 is 1.08 bits per heavy atom. The zero-order valence-electron chi connectivity index (χ0n) is 17.8. The highest BCUT2D eigenvalue weighted by molar-refractivity contribution is 8.00. The second-order valence-corrected chi connectivity index (χ2v) is 12.9. The van der Waals surface area contributed by atoms with E-state index < -0.39 is 76.2 Å². The van der Waals surface area contributed by atoms with E-state index in [0.717, 1.165) is 16.3 Å². The van der Waals surface area contributed by atoms with Crippen LogP contribution >= 0.6 is 39.0 Å². The maximum absolute atomic E-state index is 12.2. The number of aliphatic hydroxyl groups is 4. The molecule has 0 saturated carbocycles. The zero-order valence-corrected chi connectivity index (χ0v) is 21.2. The Hall–Kier alpha value is -0.950. The molecule has 8 bridgehead atoms. The standard InChI is InChI=1S/C15H20ClN5O12P2S/c16-15-19-6-11(17)20-3-18-12(6)21(15)13-9(24)7(22)4(32-13)1-30-34(26,27)33-35(28,29)31-2-5-8(23)10(25)14(20)36-5/h3-5,7-10,13-14,17,22-25H,1-2H2,(H2,26,27,28,29)/p+1/t4-,5-,7-,8-,9-,10-,13-,14-/m1/s1. The van der Waals surface area contributed by atoms with Crippen molar-refractivity contribution in [3.63, 3.8) is 0 Å². The largest absolute Gasteiger partial charge is 0.481 e. The lowest BCUT2D eigenvalue weighted by Crippen LogP contribution is -2.47. The molecule has 2 saturated heterocycles. The SMILES string of the molecule is Nc1c2nc(Cl)n3c2nc[n+]1[C@@H]1S[C@H](COP(=O)(O)OP(=O)(O)OC[C@H]2O[C@@H]3[C@H](O)[C@@H]2O)[C@@H](O)[C@H]1O. The lowest BCUT2D eigenvalue weighted by atomic mass is 10.1. The molecule has 0 amide bonds. The van der Waals surface area contributed by atoms with Gasteiger partial charge >= 0.3 is 15.6 Å². The van der Waals surface area contributed by atoms with Crippen LogP contribution in [0.15, 0.2) is 6.33 Å². The molecule has 4 aliphatic heterocycles. The van der Waals surface area contributed by atoms with Gasteiger partial charge in [-0.2, -0.15) is 4.31 Å². The summed E-state index contributed by atoms with van der Waals surface area (Å²) in [7, 11) is -10.4. The molecule has 0 spiro atoms. The van der Waals surface area contributed by atoms with E-state index in [0.29, 0.717) is 0 Å². The Morgan fingerprint density at radius 3 is 2.44 bits per heavy atom. The fourth-order valence-electron chi connectivity index (χ4n) is 4.11. The van der Waals surface area contributed by atoms with Crippen molar-refractivity contribution in [2.75, 3.05) is 18.9 Å². The molecular formula is C15H21ClN5O12P2S+. The van der Waals surface area contributed by atoms with Gasteiger partial charge < -0.3 is 40.7 Å². The fourth-order valence-corrected chi connectivity index (χ4v) is 8.03. The molecule has 200 valence electrons. The predicted molar refractivity (Wildman–Crippen MR) is 118 cm³/mol. The number of ether oxygens (including phenoxy) is 1. The number of phosphoric ester groups is 2. The number of aromatic nitrogens is 4. The van der Waals surface area contributed by atoms with Crippen LogP contribution < -0.4 is 10.3 Å². The summed E-state index contributed by atoms with van der Waals surface area (Å²) in [5.41, 5.74) is 6.36. The number of halogens is 1. The lowest BCUT2D eigenvalue weighted by Gasteiger charge is -2.20. The van der Waals surface area contributed by atoms with Crippen LogP contribution in [0.1, 0.15) is 11.6 Å². The molecule has 21 heteroatoms. The number of fused-ring (bicyclic) bond motifs is 7. The van der Waals surface area contributed by atoms with E-state index in [4.69, 9.17) is 26.6 Å². The number of nitrogen functional groups attached to an aromatic ring is 1. The van der Waals surface area contributed by atoms with E-state index in [9.17, 15) is 39.3 Å². The summed E-state index contributed by atoms with van der Waals surface area (Å²) in [6.07, 6.45) is -7.79. The summed E-state index contributed by atoms with van der Waals surface area (Å²) < 4.78 is 46.1. The fraction of sp³-hybridized carbons (Fsp3) is 0.667. The summed E-state index contributed by atoms with van der Waals surface area (Å²) >= 11 is 7.18. The number of imidazole rings is 1. The number of hydrogen-bond donors (Lipinski definition) is 7. The van der Waals surface area contributed by atoms with E-state index in [1.807, 2.05) is 0 Å². The van der Waals surface area contributed by atoms with Crippen molar-refractivity contribution < 1.29 is 62.0 Å². The first kappa shape index (κ1) is 26.6. The summed E-state index contributed by atoms with van der Waals surface area (Å²) in [5, 5.41) is 39.8. The molecule has 0 radical (unpaired) electrons. The molecule has 8 N–H and O–H groups in total. The minimum absolute atomic E-state index is 0.0302. The summed E-state index contributed by atoms with van der Waals surface area (Å²) in [5.74, 6) is -0.0302. The number of nitrogens with zero attached hydrogens (tertiary/aromatic N) is 4. The van der Waals surface area contributed by atoms with Crippen LogP contribution in [0.2, 0.25) is 5.28 Å². The highest BCUT2D eigenvalue weighted by Gasteiger charge is 2.50. The van der Waals surface area contributed by atoms with Gasteiger partial charge in [0.15, 0.2) is 17.1 Å². The second-order valence-electron chi connectivity index (χ2n) is 8.16. The third-order valence-electron chi connectivity index (χ3n) is 5.88. The molecule has 6 rings (SSSR count). The molecule has 17 nitrogen and oxygen atoms in total. The molecule has 10 atom stereocenters. The van der Waals surface area contributed by atoms with E-state index in [1.54, 1.807) is 0 Å². The van der Waals surface area contributed by atoms with E-state index in [2.05, 4.69) is 18.8 Å². The molecule has 0 aromatic carbocycles. The van der Waals surface area contributed by atoms with Gasteiger partial charge in [-0.05, 0) is 11.6 Å². The van der Waals surface area contributed by atoms with Gasteiger partial charge in [-0.15, -0.1) is 11.8 Å². The molecule has 0 aliphatic carbocycles. The molecule has 2 unspecified atom stereocenters. The average molecular weight is 593 g/mol. The Morgan fingerprint density at radius 2 is 1.75 bits per heavy atom. The predicted octanol–water partition coefficient (Wildman–Crippen LogP) is -1.83. The first-order valence-electron chi connectivity index (χ1n) is 10.2. The van der Waals surface area contributed by atoms with Crippen LogP contribution in [0.5, 0.6) is 0 Å². The van der Waals surface area contributed by atoms with Crippen LogP contribution in [0.3, 0.4) is 0 Å². The first-order chi connectivity index (χ1) is 16.8. The number of anilines is 1. The van der Waals surface area contributed by atoms with Gasteiger partial charge in [0.2, 0.25) is 17.3 Å². The van der Waals surface area contributed by atoms with Crippen molar-refractivity contribution >= 4 is 56.0 Å². The van der Waals surface area contributed by atoms with Crippen LogP contribution in [0, 0.1) is 0 Å². The second kappa shape index (κ2) is 9.36. The van der Waals surface area contributed by atoms with Gasteiger partial charge in [-0.3, -0.25) is 13.6 Å². The maximum Gasteiger partial charge on any atom is 0.481 e. The molecule has 6 heterocycles. The molecule has 36 heavy (non-hydrogen) atoms. The van der Waals surface area contributed by atoms with Crippen molar-refractivity contribution in [1.29, 1.82) is 0 Å². The van der Waals surface area contributed by atoms with Gasteiger partial charge in [0.1, 0.15) is 24.4 Å². The van der Waals surface area contributed by atoms with E-state index in [1.165, 1.54) is 10.9 Å². The minimum Gasteiger partial charge on any atom is -0.389 e. The van der Waals surface area contributed by atoms with Crippen molar-refractivity contribution in [2.45, 2.75) is 47.4 Å². The molecule has 2 aromatic rings. The number of rotatable bonds is 0. The van der Waals surface area contributed by atoms with Crippen LogP contribution in [0.4, 0.5) is 5.82 Å². The number of nitrogens with two attached hydrogens (primary N) is 1. The monoisotopic (exact) mass is 592 g/mol. The summed E-state index contributed by atoms with van der Waals surface area (Å²) in [6, 6.07) is 0. The number of thioether (sulfide) groups is 1. The topological polar surface area (TPSA) is 253 Å². The van der Waals surface area contributed by atoms with Crippen molar-refractivity contribution in [2.24, 2.45) is 0 Å². The van der Waals surface area contributed by atoms with E-state index >= 15 is 0 Å². The van der Waals surface area contributed by atoms with Crippen molar-refractivity contribution in [1.82, 2.24) is 14.5 Å². The van der Waals surface area contributed by atoms with Gasteiger partial charge in [0.25, 0.3) is 5.82 Å².